The number of nitrogens with zero attached hydrogens (tertiary/aromatic N) is 1. The van der Waals surface area contributed by atoms with Crippen LogP contribution in [-0.4, -0.2) is 20.6 Å². The lowest BCUT2D eigenvalue weighted by Crippen LogP contribution is -2.32. The Hall–Kier alpha value is -3.64. The van der Waals surface area contributed by atoms with Crippen molar-refractivity contribution < 1.29 is 13.2 Å². The van der Waals surface area contributed by atoms with Gasteiger partial charge in [-0.05, 0) is 34.0 Å². The van der Waals surface area contributed by atoms with Crippen LogP contribution >= 0.6 is 0 Å². The summed E-state index contributed by atoms with van der Waals surface area (Å²) in [7, 11) is -3.61. The molecule has 6 heteroatoms. The lowest BCUT2D eigenvalue weighted by molar-refractivity contribution is 0.0951. The Bertz CT molecular complexity index is 1350. The molecule has 4 aromatic carbocycles. The smallest absolute Gasteiger partial charge is 0.253 e. The lowest BCUT2D eigenvalue weighted by Gasteiger charge is -2.25. The predicted molar refractivity (Wildman–Crippen MR) is 129 cm³/mol. The summed E-state index contributed by atoms with van der Waals surface area (Å²) in [4.78, 5) is 13.1. The first kappa shape index (κ1) is 21.6. The zero-order valence-electron chi connectivity index (χ0n) is 17.7. The summed E-state index contributed by atoms with van der Waals surface area (Å²) in [6.45, 7) is 0.485. The van der Waals surface area contributed by atoms with Gasteiger partial charge >= 0.3 is 0 Å². The van der Waals surface area contributed by atoms with Gasteiger partial charge < -0.3 is 5.32 Å². The van der Waals surface area contributed by atoms with Crippen molar-refractivity contribution in [3.05, 3.63) is 114 Å². The van der Waals surface area contributed by atoms with E-state index in [1.165, 1.54) is 4.31 Å². The van der Waals surface area contributed by atoms with E-state index >= 15 is 0 Å². The van der Waals surface area contributed by atoms with Crippen molar-refractivity contribution in [3.63, 3.8) is 0 Å². The molecule has 0 bridgehead atoms. The molecule has 0 saturated carbocycles. The number of hydrogen-bond donors (Lipinski definition) is 1. The predicted octanol–water partition coefficient (Wildman–Crippen LogP) is 4.74. The molecule has 0 fully saturated rings. The third kappa shape index (κ3) is 4.81. The molecule has 162 valence electrons. The average molecular weight is 445 g/mol. The quantitative estimate of drug-likeness (QED) is 0.448. The third-order valence-corrected chi connectivity index (χ3v) is 6.43. The molecule has 1 amide bonds. The highest BCUT2D eigenvalue weighted by molar-refractivity contribution is 7.92. The summed E-state index contributed by atoms with van der Waals surface area (Å²) in [6.07, 6.45) is 1.15. The van der Waals surface area contributed by atoms with Crippen molar-refractivity contribution in [2.45, 2.75) is 13.1 Å². The van der Waals surface area contributed by atoms with Gasteiger partial charge in [0.05, 0.1) is 24.1 Å². The summed E-state index contributed by atoms with van der Waals surface area (Å²) in [5.41, 5.74) is 2.51. The molecule has 0 heterocycles. The van der Waals surface area contributed by atoms with Crippen molar-refractivity contribution >= 4 is 32.4 Å². The monoisotopic (exact) mass is 444 g/mol. The second-order valence-electron chi connectivity index (χ2n) is 7.59. The van der Waals surface area contributed by atoms with Gasteiger partial charge in [0.15, 0.2) is 0 Å². The molecule has 0 aliphatic rings. The fourth-order valence-corrected chi connectivity index (χ4v) is 4.63. The summed E-state index contributed by atoms with van der Waals surface area (Å²) < 4.78 is 26.5. The fourth-order valence-electron chi connectivity index (χ4n) is 3.73. The summed E-state index contributed by atoms with van der Waals surface area (Å²) in [5.74, 6) is -0.324. The van der Waals surface area contributed by atoms with Gasteiger partial charge in [-0.3, -0.25) is 9.10 Å². The van der Waals surface area contributed by atoms with Crippen LogP contribution in [0, 0.1) is 0 Å². The maximum atomic E-state index is 13.1. The zero-order valence-corrected chi connectivity index (χ0v) is 18.5. The van der Waals surface area contributed by atoms with Crippen molar-refractivity contribution in [2.24, 2.45) is 0 Å². The van der Waals surface area contributed by atoms with Crippen LogP contribution in [0.4, 0.5) is 5.69 Å². The van der Waals surface area contributed by atoms with Crippen LogP contribution in [0.15, 0.2) is 97.1 Å². The second kappa shape index (κ2) is 9.24. The second-order valence-corrected chi connectivity index (χ2v) is 9.50. The van der Waals surface area contributed by atoms with Crippen LogP contribution in [0.2, 0.25) is 0 Å². The molecule has 4 rings (SSSR count). The van der Waals surface area contributed by atoms with Gasteiger partial charge in [0.2, 0.25) is 10.0 Å². The van der Waals surface area contributed by atoms with Gasteiger partial charge in [0, 0.05) is 6.54 Å². The molecule has 0 aliphatic carbocycles. The molecule has 0 aliphatic heterocycles. The van der Waals surface area contributed by atoms with Gasteiger partial charge in [-0.2, -0.15) is 0 Å². The van der Waals surface area contributed by atoms with E-state index in [2.05, 4.69) is 5.32 Å². The van der Waals surface area contributed by atoms with E-state index in [0.717, 1.165) is 28.2 Å². The zero-order chi connectivity index (χ0) is 22.6. The first-order valence-corrected chi connectivity index (χ1v) is 12.1. The molecule has 0 spiro atoms. The molecule has 0 aromatic heterocycles. The highest BCUT2D eigenvalue weighted by Crippen LogP contribution is 2.25. The van der Waals surface area contributed by atoms with Crippen LogP contribution in [-0.2, 0) is 23.1 Å². The molecule has 5 nitrogen and oxygen atoms in total. The summed E-state index contributed by atoms with van der Waals surface area (Å²) in [6, 6.07) is 30.1. The van der Waals surface area contributed by atoms with E-state index in [1.807, 2.05) is 72.8 Å². The van der Waals surface area contributed by atoms with E-state index in [-0.39, 0.29) is 12.5 Å². The van der Waals surface area contributed by atoms with Crippen molar-refractivity contribution in [3.8, 4) is 0 Å². The maximum Gasteiger partial charge on any atom is 0.253 e. The van der Waals surface area contributed by atoms with Gasteiger partial charge in [0.1, 0.15) is 0 Å². The molecule has 32 heavy (non-hydrogen) atoms. The number of sulfonamides is 1. The Morgan fingerprint density at radius 1 is 0.812 bits per heavy atom. The number of hydrogen-bond acceptors (Lipinski definition) is 3. The number of rotatable bonds is 7. The van der Waals surface area contributed by atoms with Crippen molar-refractivity contribution in [1.82, 2.24) is 5.32 Å². The van der Waals surface area contributed by atoms with E-state index in [1.54, 1.807) is 24.3 Å². The van der Waals surface area contributed by atoms with Crippen LogP contribution in [0.5, 0.6) is 0 Å². The molecular weight excluding hydrogens is 420 g/mol. The number of carbonyl (C=O) groups excluding carboxylic acids is 1. The number of amides is 1. The van der Waals surface area contributed by atoms with Crippen LogP contribution < -0.4 is 9.62 Å². The number of nitrogens with one attached hydrogen (secondary N) is 1. The Labute approximate surface area is 188 Å². The highest BCUT2D eigenvalue weighted by atomic mass is 32.2. The number of benzene rings is 4. The molecule has 0 unspecified atom stereocenters. The fraction of sp³-hybridized carbons (Fsp3) is 0.115. The molecule has 0 atom stereocenters. The number of para-hydroxylation sites is 1. The molecule has 1 N–H and O–H groups in total. The minimum atomic E-state index is -3.61. The van der Waals surface area contributed by atoms with E-state index in [0.29, 0.717) is 17.8 Å². The number of fused-ring (bicyclic) bond motifs is 1. The minimum Gasteiger partial charge on any atom is -0.348 e. The molecular formula is C26H24N2O3S. The normalized spacial score (nSPS) is 11.3. The summed E-state index contributed by atoms with van der Waals surface area (Å²) in [5, 5.41) is 5.13. The van der Waals surface area contributed by atoms with Gasteiger partial charge in [-0.25, -0.2) is 8.42 Å². The van der Waals surface area contributed by atoms with Gasteiger partial charge in [-0.15, -0.1) is 0 Å². The maximum absolute atomic E-state index is 13.1. The van der Waals surface area contributed by atoms with Crippen molar-refractivity contribution in [1.29, 1.82) is 0 Å². The standard InChI is InChI=1S/C26H24N2O3S/c1-32(30,31)28(19-20-10-3-2-4-11-20)25-17-8-7-16-24(25)26(29)27-18-22-14-9-13-21-12-5-6-15-23(21)22/h2-17H,18-19H2,1H3,(H,27,29). The third-order valence-electron chi connectivity index (χ3n) is 5.31. The van der Waals surface area contributed by atoms with Crippen LogP contribution in [0.3, 0.4) is 0 Å². The number of carbonyl (C=O) groups is 1. The van der Waals surface area contributed by atoms with Crippen LogP contribution in [0.25, 0.3) is 10.8 Å². The Balaban J connectivity index is 1.62. The highest BCUT2D eigenvalue weighted by Gasteiger charge is 2.23. The van der Waals surface area contributed by atoms with E-state index in [4.69, 9.17) is 0 Å². The SMILES string of the molecule is CS(=O)(=O)N(Cc1ccccc1)c1ccccc1C(=O)NCc1cccc2ccccc12. The molecule has 0 saturated heterocycles. The van der Waals surface area contributed by atoms with Gasteiger partial charge in [-0.1, -0.05) is 84.9 Å². The largest absolute Gasteiger partial charge is 0.348 e. The Morgan fingerprint density at radius 2 is 1.47 bits per heavy atom. The molecule has 0 radical (unpaired) electrons. The lowest BCUT2D eigenvalue weighted by atomic mass is 10.0. The average Bonchev–Trinajstić information content (AvgIpc) is 2.81. The Morgan fingerprint density at radius 3 is 2.25 bits per heavy atom. The summed E-state index contributed by atoms with van der Waals surface area (Å²) >= 11 is 0. The van der Waals surface area contributed by atoms with E-state index < -0.39 is 10.0 Å². The number of anilines is 1. The van der Waals surface area contributed by atoms with Gasteiger partial charge in [0.25, 0.3) is 5.91 Å². The first-order valence-electron chi connectivity index (χ1n) is 10.3. The Kier molecular flexibility index (Phi) is 6.23. The van der Waals surface area contributed by atoms with Crippen LogP contribution in [0.1, 0.15) is 21.5 Å². The van der Waals surface area contributed by atoms with E-state index in [9.17, 15) is 13.2 Å². The van der Waals surface area contributed by atoms with Crippen molar-refractivity contribution in [2.75, 3.05) is 10.6 Å². The first-order chi connectivity index (χ1) is 15.4. The topological polar surface area (TPSA) is 66.5 Å². The molecule has 4 aromatic rings. The minimum absolute atomic E-state index is 0.146.